The Kier molecular flexibility index (Phi) is 4.16. The van der Waals surface area contributed by atoms with E-state index in [2.05, 4.69) is 4.98 Å². The lowest BCUT2D eigenvalue weighted by molar-refractivity contribution is 0.0520. The maximum atomic E-state index is 11.6. The molecule has 0 saturated carbocycles. The Hall–Kier alpha value is -1.88. The van der Waals surface area contributed by atoms with Crippen LogP contribution in [0.2, 0.25) is 0 Å². The summed E-state index contributed by atoms with van der Waals surface area (Å²) in [6.07, 6.45) is 0. The van der Waals surface area contributed by atoms with Crippen LogP contribution in [-0.4, -0.2) is 24.6 Å². The SMILES string of the molecule is CCOC(=O)c1csc(N(C)c2ccc(C)cc2)n1. The molecule has 0 bridgehead atoms. The fourth-order valence-corrected chi connectivity index (χ4v) is 2.38. The highest BCUT2D eigenvalue weighted by Gasteiger charge is 2.14. The monoisotopic (exact) mass is 276 g/mol. The predicted octanol–water partition coefficient (Wildman–Crippen LogP) is 3.40. The molecule has 0 aliphatic carbocycles. The Morgan fingerprint density at radius 1 is 1.37 bits per heavy atom. The van der Waals surface area contributed by atoms with Gasteiger partial charge < -0.3 is 9.64 Å². The lowest BCUT2D eigenvalue weighted by Crippen LogP contribution is -2.10. The highest BCUT2D eigenvalue weighted by molar-refractivity contribution is 7.14. The van der Waals surface area contributed by atoms with E-state index in [0.29, 0.717) is 12.3 Å². The van der Waals surface area contributed by atoms with Gasteiger partial charge in [-0.2, -0.15) is 0 Å². The maximum Gasteiger partial charge on any atom is 0.357 e. The first-order valence-electron chi connectivity index (χ1n) is 6.05. The molecule has 0 atom stereocenters. The fourth-order valence-electron chi connectivity index (χ4n) is 1.60. The number of aromatic nitrogens is 1. The van der Waals surface area contributed by atoms with E-state index in [9.17, 15) is 4.79 Å². The number of carbonyl (C=O) groups excluding carboxylic acids is 1. The highest BCUT2D eigenvalue weighted by atomic mass is 32.1. The number of ether oxygens (including phenoxy) is 1. The number of benzene rings is 1. The first-order chi connectivity index (χ1) is 9.11. The smallest absolute Gasteiger partial charge is 0.357 e. The topological polar surface area (TPSA) is 42.4 Å². The third-order valence-electron chi connectivity index (χ3n) is 2.68. The summed E-state index contributed by atoms with van der Waals surface area (Å²) in [5.41, 5.74) is 2.61. The Morgan fingerprint density at radius 2 is 2.05 bits per heavy atom. The van der Waals surface area contributed by atoms with E-state index in [0.717, 1.165) is 10.8 Å². The number of hydrogen-bond donors (Lipinski definition) is 0. The zero-order valence-corrected chi connectivity index (χ0v) is 12.0. The summed E-state index contributed by atoms with van der Waals surface area (Å²) in [5.74, 6) is -0.373. The van der Waals surface area contributed by atoms with Gasteiger partial charge in [-0.25, -0.2) is 9.78 Å². The van der Waals surface area contributed by atoms with Crippen LogP contribution in [0.25, 0.3) is 0 Å². The summed E-state index contributed by atoms with van der Waals surface area (Å²) in [6.45, 7) is 4.19. The molecule has 0 spiro atoms. The first-order valence-corrected chi connectivity index (χ1v) is 6.93. The molecule has 1 aromatic heterocycles. The molecule has 0 aliphatic rings. The molecular formula is C14H16N2O2S. The lowest BCUT2D eigenvalue weighted by Gasteiger charge is -2.15. The Morgan fingerprint density at radius 3 is 2.68 bits per heavy atom. The van der Waals surface area contributed by atoms with Crippen molar-refractivity contribution in [2.45, 2.75) is 13.8 Å². The van der Waals surface area contributed by atoms with Crippen molar-refractivity contribution in [3.05, 3.63) is 40.9 Å². The molecule has 0 fully saturated rings. The number of hydrogen-bond acceptors (Lipinski definition) is 5. The third-order valence-corrected chi connectivity index (χ3v) is 3.60. The number of aryl methyl sites for hydroxylation is 1. The predicted molar refractivity (Wildman–Crippen MR) is 77.3 cm³/mol. The molecule has 4 nitrogen and oxygen atoms in total. The van der Waals surface area contributed by atoms with Crippen molar-refractivity contribution in [2.24, 2.45) is 0 Å². The van der Waals surface area contributed by atoms with Crippen molar-refractivity contribution in [2.75, 3.05) is 18.6 Å². The zero-order chi connectivity index (χ0) is 13.8. The van der Waals surface area contributed by atoms with E-state index in [4.69, 9.17) is 4.74 Å². The van der Waals surface area contributed by atoms with E-state index < -0.39 is 0 Å². The van der Waals surface area contributed by atoms with Crippen molar-refractivity contribution in [3.8, 4) is 0 Å². The number of thiazole rings is 1. The third kappa shape index (κ3) is 3.12. The van der Waals surface area contributed by atoms with E-state index >= 15 is 0 Å². The van der Waals surface area contributed by atoms with Crippen molar-refractivity contribution in [3.63, 3.8) is 0 Å². The van der Waals surface area contributed by atoms with Crippen LogP contribution in [0.5, 0.6) is 0 Å². The summed E-state index contributed by atoms with van der Waals surface area (Å²) in [4.78, 5) is 17.8. The Bertz CT molecular complexity index is 563. The number of carbonyl (C=O) groups is 1. The summed E-state index contributed by atoms with van der Waals surface area (Å²) < 4.78 is 4.93. The molecule has 2 aromatic rings. The van der Waals surface area contributed by atoms with Gasteiger partial charge in [-0.1, -0.05) is 17.7 Å². The van der Waals surface area contributed by atoms with E-state index in [1.807, 2.05) is 43.1 Å². The van der Waals surface area contributed by atoms with E-state index in [1.165, 1.54) is 16.9 Å². The van der Waals surface area contributed by atoms with Gasteiger partial charge in [-0.15, -0.1) is 11.3 Å². The van der Waals surface area contributed by atoms with Crippen LogP contribution in [0.15, 0.2) is 29.6 Å². The fraction of sp³-hybridized carbons (Fsp3) is 0.286. The van der Waals surface area contributed by atoms with Crippen molar-refractivity contribution < 1.29 is 9.53 Å². The summed E-state index contributed by atoms with van der Waals surface area (Å²) >= 11 is 1.42. The molecule has 0 N–H and O–H groups in total. The minimum Gasteiger partial charge on any atom is -0.461 e. The number of anilines is 2. The highest BCUT2D eigenvalue weighted by Crippen LogP contribution is 2.27. The van der Waals surface area contributed by atoms with Gasteiger partial charge in [-0.05, 0) is 26.0 Å². The molecule has 1 aromatic carbocycles. The molecule has 19 heavy (non-hydrogen) atoms. The molecule has 0 saturated heterocycles. The zero-order valence-electron chi connectivity index (χ0n) is 11.2. The molecular weight excluding hydrogens is 260 g/mol. The first kappa shape index (κ1) is 13.5. The van der Waals surface area contributed by atoms with Crippen LogP contribution in [0.1, 0.15) is 23.0 Å². The van der Waals surface area contributed by atoms with Crippen LogP contribution >= 0.6 is 11.3 Å². The number of nitrogens with zero attached hydrogens (tertiary/aromatic N) is 2. The molecule has 0 amide bonds. The van der Waals surface area contributed by atoms with E-state index in [-0.39, 0.29) is 5.97 Å². The van der Waals surface area contributed by atoms with Gasteiger partial charge in [-0.3, -0.25) is 0 Å². The van der Waals surface area contributed by atoms with Gasteiger partial charge in [0.25, 0.3) is 0 Å². The second kappa shape index (κ2) is 5.84. The largest absolute Gasteiger partial charge is 0.461 e. The van der Waals surface area contributed by atoms with Gasteiger partial charge in [0.2, 0.25) is 0 Å². The standard InChI is InChI=1S/C14H16N2O2S/c1-4-18-13(17)12-9-19-14(15-12)16(3)11-7-5-10(2)6-8-11/h5-9H,4H2,1-3H3. The van der Waals surface area contributed by atoms with Crippen LogP contribution in [0, 0.1) is 6.92 Å². The van der Waals surface area contributed by atoms with Crippen molar-refractivity contribution >= 4 is 28.1 Å². The molecule has 0 unspecified atom stereocenters. The average Bonchev–Trinajstić information content (AvgIpc) is 2.89. The average molecular weight is 276 g/mol. The van der Waals surface area contributed by atoms with Crippen LogP contribution in [0.4, 0.5) is 10.8 Å². The Labute approximate surface area is 116 Å². The Balaban J connectivity index is 2.18. The number of rotatable bonds is 4. The van der Waals surface area contributed by atoms with Crippen LogP contribution < -0.4 is 4.90 Å². The minimum atomic E-state index is -0.373. The molecule has 2 rings (SSSR count). The second-order valence-corrected chi connectivity index (χ2v) is 4.97. The number of esters is 1. The normalized spacial score (nSPS) is 10.3. The van der Waals surface area contributed by atoms with Gasteiger partial charge in [0, 0.05) is 18.1 Å². The molecule has 100 valence electrons. The van der Waals surface area contributed by atoms with Crippen LogP contribution in [-0.2, 0) is 4.74 Å². The molecule has 5 heteroatoms. The molecule has 1 heterocycles. The minimum absolute atomic E-state index is 0.361. The molecule has 0 radical (unpaired) electrons. The lowest BCUT2D eigenvalue weighted by atomic mass is 10.2. The maximum absolute atomic E-state index is 11.6. The van der Waals surface area contributed by atoms with Gasteiger partial charge in [0.15, 0.2) is 10.8 Å². The summed E-state index contributed by atoms with van der Waals surface area (Å²) in [6, 6.07) is 8.15. The quantitative estimate of drug-likeness (QED) is 0.803. The van der Waals surface area contributed by atoms with Gasteiger partial charge in [0.1, 0.15) is 0 Å². The van der Waals surface area contributed by atoms with Crippen LogP contribution in [0.3, 0.4) is 0 Å². The molecule has 0 aliphatic heterocycles. The van der Waals surface area contributed by atoms with Gasteiger partial charge in [0.05, 0.1) is 6.61 Å². The summed E-state index contributed by atoms with van der Waals surface area (Å²) in [5, 5.41) is 2.49. The van der Waals surface area contributed by atoms with E-state index in [1.54, 1.807) is 12.3 Å². The van der Waals surface area contributed by atoms with Crippen molar-refractivity contribution in [1.82, 2.24) is 4.98 Å². The second-order valence-electron chi connectivity index (χ2n) is 4.13. The summed E-state index contributed by atoms with van der Waals surface area (Å²) in [7, 11) is 1.93. The van der Waals surface area contributed by atoms with Gasteiger partial charge >= 0.3 is 5.97 Å². The van der Waals surface area contributed by atoms with Crippen molar-refractivity contribution in [1.29, 1.82) is 0 Å².